The first-order chi connectivity index (χ1) is 3.45. The maximum absolute atomic E-state index is 2.38. The molecule has 2 rings (SSSR count). The minimum Gasteiger partial charge on any atom is -0.147 e. The molecular weight excluding hydrogens is 120 g/mol. The van der Waals surface area contributed by atoms with Gasteiger partial charge in [0, 0.05) is 0 Å². The largest absolute Gasteiger partial charge is 0.147 e. The molecule has 0 aromatic heterocycles. The van der Waals surface area contributed by atoms with Crippen LogP contribution in [0.3, 0.4) is 0 Å². The number of rotatable bonds is 0. The van der Waals surface area contributed by atoms with E-state index in [1.807, 2.05) is 0 Å². The number of hydrogen-bond donors (Lipinski definition) is 0. The van der Waals surface area contributed by atoms with Crippen molar-refractivity contribution in [1.29, 1.82) is 0 Å². The zero-order valence-corrected chi connectivity index (χ0v) is 5.66. The lowest BCUT2D eigenvalue weighted by Crippen LogP contribution is -1.82. The van der Waals surface area contributed by atoms with Crippen LogP contribution < -0.4 is 0 Å². The summed E-state index contributed by atoms with van der Waals surface area (Å²) in [5.74, 6) is 1.98. The molecule has 8 heavy (non-hydrogen) atoms. The average molecular weight is 131 g/mol. The molecule has 0 heterocycles. The Morgan fingerprint density at radius 1 is 1.00 bits per heavy atom. The van der Waals surface area contributed by atoms with Crippen molar-refractivity contribution in [3.05, 3.63) is 12.2 Å². The minimum absolute atomic E-state index is 0. The predicted octanol–water partition coefficient (Wildman–Crippen LogP) is 2.39. The maximum Gasteiger partial charge on any atom is -0.0228 e. The zero-order chi connectivity index (χ0) is 4.69. The molecule has 1 saturated carbocycles. The lowest BCUT2D eigenvalue weighted by Gasteiger charge is -1.96. The molecule has 2 atom stereocenters. The molecule has 1 fully saturated rings. The molecule has 46 valence electrons. The van der Waals surface area contributed by atoms with Gasteiger partial charge in [0.25, 0.3) is 0 Å². The Hall–Kier alpha value is 0.0300. The molecule has 0 aromatic carbocycles. The summed E-state index contributed by atoms with van der Waals surface area (Å²) in [6, 6.07) is 0. The molecule has 2 bridgehead atoms. The van der Waals surface area contributed by atoms with Crippen molar-refractivity contribution in [3.8, 4) is 0 Å². The standard InChI is InChI=1S/C7H10.ClH/c1-2-7-4-3-6(1)5-7;/h1-2,6-7H,3-5H2;1H. The first-order valence-electron chi connectivity index (χ1n) is 3.13. The highest BCUT2D eigenvalue weighted by Crippen LogP contribution is 2.38. The summed E-state index contributed by atoms with van der Waals surface area (Å²) in [6.07, 6.45) is 9.19. The van der Waals surface area contributed by atoms with E-state index in [0.29, 0.717) is 0 Å². The Kier molecular flexibility index (Phi) is 1.62. The van der Waals surface area contributed by atoms with Crippen LogP contribution in [0, 0.1) is 11.8 Å². The third-order valence-corrected chi connectivity index (χ3v) is 2.17. The van der Waals surface area contributed by atoms with Crippen LogP contribution in [-0.4, -0.2) is 0 Å². The van der Waals surface area contributed by atoms with Crippen LogP contribution in [-0.2, 0) is 0 Å². The second-order valence-electron chi connectivity index (χ2n) is 2.72. The van der Waals surface area contributed by atoms with E-state index in [4.69, 9.17) is 0 Å². The number of hydrogen-bond acceptors (Lipinski definition) is 0. The Labute approximate surface area is 56.4 Å². The second-order valence-corrected chi connectivity index (χ2v) is 2.72. The SMILES string of the molecule is C1=CC2CCC1C2.Cl. The normalized spacial score (nSPS) is 40.0. The molecule has 0 aromatic rings. The van der Waals surface area contributed by atoms with Gasteiger partial charge in [-0.2, -0.15) is 0 Å². The maximum atomic E-state index is 2.38. The van der Waals surface area contributed by atoms with E-state index in [2.05, 4.69) is 12.2 Å². The summed E-state index contributed by atoms with van der Waals surface area (Å²) in [5, 5.41) is 0. The van der Waals surface area contributed by atoms with Crippen LogP contribution in [0.25, 0.3) is 0 Å². The zero-order valence-electron chi connectivity index (χ0n) is 4.84. The molecule has 0 radical (unpaired) electrons. The highest BCUT2D eigenvalue weighted by Gasteiger charge is 2.25. The quantitative estimate of drug-likeness (QED) is 0.442. The molecule has 0 N–H and O–H groups in total. The van der Waals surface area contributed by atoms with Gasteiger partial charge in [0.05, 0.1) is 0 Å². The first-order valence-corrected chi connectivity index (χ1v) is 3.13. The lowest BCUT2D eigenvalue weighted by atomic mass is 10.1. The molecular formula is C7H11Cl. The summed E-state index contributed by atoms with van der Waals surface area (Å²) in [6.45, 7) is 0. The molecule has 2 aliphatic carbocycles. The fourth-order valence-electron chi connectivity index (χ4n) is 1.72. The van der Waals surface area contributed by atoms with Crippen molar-refractivity contribution in [1.82, 2.24) is 0 Å². The Bertz CT molecular complexity index is 95.0. The van der Waals surface area contributed by atoms with E-state index in [1.165, 1.54) is 19.3 Å². The van der Waals surface area contributed by atoms with Gasteiger partial charge in [0.15, 0.2) is 0 Å². The van der Waals surface area contributed by atoms with Crippen LogP contribution in [0.1, 0.15) is 19.3 Å². The van der Waals surface area contributed by atoms with Gasteiger partial charge >= 0.3 is 0 Å². The molecule has 0 aliphatic heterocycles. The van der Waals surface area contributed by atoms with Crippen molar-refractivity contribution in [3.63, 3.8) is 0 Å². The summed E-state index contributed by atoms with van der Waals surface area (Å²) in [5.41, 5.74) is 0. The summed E-state index contributed by atoms with van der Waals surface area (Å²) < 4.78 is 0. The molecule has 1 heteroatoms. The smallest absolute Gasteiger partial charge is 0.0228 e. The van der Waals surface area contributed by atoms with Crippen LogP contribution in [0.4, 0.5) is 0 Å². The van der Waals surface area contributed by atoms with Crippen molar-refractivity contribution in [2.24, 2.45) is 11.8 Å². The fraction of sp³-hybridized carbons (Fsp3) is 0.714. The van der Waals surface area contributed by atoms with Crippen molar-refractivity contribution >= 4 is 12.4 Å². The molecule has 2 unspecified atom stereocenters. The van der Waals surface area contributed by atoms with Gasteiger partial charge in [-0.05, 0) is 31.1 Å². The Morgan fingerprint density at radius 2 is 1.50 bits per heavy atom. The summed E-state index contributed by atoms with van der Waals surface area (Å²) in [4.78, 5) is 0. The monoisotopic (exact) mass is 130 g/mol. The lowest BCUT2D eigenvalue weighted by molar-refractivity contribution is 0.691. The number of halogens is 1. The van der Waals surface area contributed by atoms with Crippen LogP contribution in [0.2, 0.25) is 0 Å². The van der Waals surface area contributed by atoms with Gasteiger partial charge in [-0.3, -0.25) is 0 Å². The van der Waals surface area contributed by atoms with Crippen molar-refractivity contribution in [2.45, 2.75) is 19.3 Å². The van der Waals surface area contributed by atoms with Crippen molar-refractivity contribution < 1.29 is 0 Å². The average Bonchev–Trinajstić information content (AvgIpc) is 2.22. The van der Waals surface area contributed by atoms with Gasteiger partial charge in [-0.25, -0.2) is 0 Å². The van der Waals surface area contributed by atoms with E-state index in [9.17, 15) is 0 Å². The molecule has 2 aliphatic rings. The highest BCUT2D eigenvalue weighted by atomic mass is 35.5. The molecule has 0 nitrogen and oxygen atoms in total. The molecule has 0 spiro atoms. The number of allylic oxidation sites excluding steroid dienone is 2. The summed E-state index contributed by atoms with van der Waals surface area (Å²) >= 11 is 0. The van der Waals surface area contributed by atoms with E-state index in [0.717, 1.165) is 11.8 Å². The van der Waals surface area contributed by atoms with Gasteiger partial charge in [-0.1, -0.05) is 12.2 Å². The van der Waals surface area contributed by atoms with Gasteiger partial charge in [0.2, 0.25) is 0 Å². The van der Waals surface area contributed by atoms with Crippen LogP contribution in [0.15, 0.2) is 12.2 Å². The second kappa shape index (κ2) is 2.10. The van der Waals surface area contributed by atoms with Crippen LogP contribution >= 0.6 is 12.4 Å². The third kappa shape index (κ3) is 0.775. The van der Waals surface area contributed by atoms with E-state index < -0.39 is 0 Å². The minimum atomic E-state index is 0. The van der Waals surface area contributed by atoms with E-state index >= 15 is 0 Å². The molecule has 0 amide bonds. The van der Waals surface area contributed by atoms with E-state index in [-0.39, 0.29) is 12.4 Å². The topological polar surface area (TPSA) is 0 Å². The van der Waals surface area contributed by atoms with Crippen molar-refractivity contribution in [2.75, 3.05) is 0 Å². The fourth-order valence-corrected chi connectivity index (χ4v) is 1.72. The Balaban J connectivity index is 0.000000320. The Morgan fingerprint density at radius 3 is 1.62 bits per heavy atom. The summed E-state index contributed by atoms with van der Waals surface area (Å²) in [7, 11) is 0. The first kappa shape index (κ1) is 6.15. The predicted molar refractivity (Wildman–Crippen MR) is 37.2 cm³/mol. The van der Waals surface area contributed by atoms with Gasteiger partial charge in [0.1, 0.15) is 0 Å². The van der Waals surface area contributed by atoms with E-state index in [1.54, 1.807) is 0 Å². The number of fused-ring (bicyclic) bond motifs is 2. The van der Waals surface area contributed by atoms with Crippen LogP contribution in [0.5, 0.6) is 0 Å². The van der Waals surface area contributed by atoms with Gasteiger partial charge in [-0.15, -0.1) is 12.4 Å². The van der Waals surface area contributed by atoms with Gasteiger partial charge < -0.3 is 0 Å². The highest BCUT2D eigenvalue weighted by molar-refractivity contribution is 5.85. The molecule has 0 saturated heterocycles. The third-order valence-electron chi connectivity index (χ3n) is 2.17.